The van der Waals surface area contributed by atoms with Crippen LogP contribution in [0.1, 0.15) is 25.7 Å². The van der Waals surface area contributed by atoms with Gasteiger partial charge in [0, 0.05) is 55.2 Å². The summed E-state index contributed by atoms with van der Waals surface area (Å²) < 4.78 is 40.8. The largest absolute Gasteiger partial charge is 0.497 e. The summed E-state index contributed by atoms with van der Waals surface area (Å²) in [7, 11) is -1.05. The highest BCUT2D eigenvalue weighted by Gasteiger charge is 2.32. The first-order chi connectivity index (χ1) is 22.3. The van der Waals surface area contributed by atoms with Crippen molar-refractivity contribution in [2.24, 2.45) is 5.92 Å². The third-order valence-electron chi connectivity index (χ3n) is 8.53. The van der Waals surface area contributed by atoms with Crippen LogP contribution in [-0.4, -0.2) is 75.6 Å². The van der Waals surface area contributed by atoms with Gasteiger partial charge < -0.3 is 25.4 Å². The first-order valence-corrected chi connectivity index (χ1v) is 16.9. The van der Waals surface area contributed by atoms with Crippen molar-refractivity contribution in [1.82, 2.24) is 20.2 Å². The number of methoxy groups -OCH3 is 2. The van der Waals surface area contributed by atoms with Gasteiger partial charge >= 0.3 is 0 Å². The van der Waals surface area contributed by atoms with Crippen molar-refractivity contribution in [1.29, 1.82) is 0 Å². The molecular formula is C33H39N7O5S. The molecule has 1 saturated carbocycles. The number of hydrogen-bond acceptors (Lipinski definition) is 10. The van der Waals surface area contributed by atoms with Crippen LogP contribution in [-0.2, 0) is 14.8 Å². The second kappa shape index (κ2) is 13.9. The lowest BCUT2D eigenvalue weighted by molar-refractivity contribution is -0.118. The molecule has 4 aromatic rings. The van der Waals surface area contributed by atoms with E-state index in [0.717, 1.165) is 19.6 Å². The molecule has 0 radical (unpaired) electrons. The number of para-hydroxylation sites is 2. The molecule has 0 bridgehead atoms. The average Bonchev–Trinajstić information content (AvgIpc) is 3.60. The van der Waals surface area contributed by atoms with Crippen LogP contribution in [0, 0.1) is 5.92 Å². The number of rotatable bonds is 11. The van der Waals surface area contributed by atoms with Gasteiger partial charge in [0.2, 0.25) is 5.91 Å². The molecule has 1 atom stereocenters. The molecular weight excluding hydrogens is 606 g/mol. The summed E-state index contributed by atoms with van der Waals surface area (Å²) in [5.41, 5.74) is 2.04. The predicted octanol–water partition coefficient (Wildman–Crippen LogP) is 4.59. The smallest absolute Gasteiger partial charge is 0.263 e. The molecule has 0 spiro atoms. The maximum Gasteiger partial charge on any atom is 0.263 e. The average molecular weight is 646 g/mol. The molecule has 4 N–H and O–H groups in total. The number of nitrogens with zero attached hydrogens (tertiary/aromatic N) is 3. The van der Waals surface area contributed by atoms with Gasteiger partial charge in [-0.3, -0.25) is 14.4 Å². The minimum Gasteiger partial charge on any atom is -0.497 e. The quantitative estimate of drug-likeness (QED) is 0.183. The fraction of sp³-hybridized carbons (Fsp3) is 0.364. The van der Waals surface area contributed by atoms with E-state index >= 15 is 0 Å². The summed E-state index contributed by atoms with van der Waals surface area (Å²) in [5, 5.41) is 9.54. The number of nitrogens with one attached hydrogen (secondary N) is 4. The lowest BCUT2D eigenvalue weighted by Gasteiger charge is -2.39. The van der Waals surface area contributed by atoms with Crippen molar-refractivity contribution in [3.63, 3.8) is 0 Å². The zero-order chi connectivity index (χ0) is 32.1. The molecule has 1 aliphatic heterocycles. The van der Waals surface area contributed by atoms with E-state index in [1.807, 2.05) is 6.07 Å². The van der Waals surface area contributed by atoms with Gasteiger partial charge in [-0.1, -0.05) is 31.0 Å². The van der Waals surface area contributed by atoms with Crippen molar-refractivity contribution in [3.8, 4) is 11.5 Å². The van der Waals surface area contributed by atoms with Crippen molar-refractivity contribution >= 4 is 50.0 Å². The standard InChI is InChI=1S/C33H39N7O5S/c1-44-25-16-24(17-26(19-25)45-2)36-32-33(38-29-13-6-5-12-28(29)37-32)39-46(42,43)27-11-7-10-23(18-27)35-31(41)21-40-15-14-34-20-30(40)22-8-3-4-9-22/h5-7,10-13,16-19,22,30,34H,3-4,8-9,14-15,20-21H2,1-2H3,(H,35,41)(H,36,37)(H,38,39). The van der Waals surface area contributed by atoms with Crippen LogP contribution < -0.4 is 30.1 Å². The highest BCUT2D eigenvalue weighted by atomic mass is 32.2. The highest BCUT2D eigenvalue weighted by Crippen LogP contribution is 2.33. The molecule has 2 fully saturated rings. The lowest BCUT2D eigenvalue weighted by Crippen LogP contribution is -2.55. The Balaban J connectivity index is 1.22. The topological polar surface area (TPSA) is 147 Å². The maximum absolute atomic E-state index is 13.7. The summed E-state index contributed by atoms with van der Waals surface area (Å²) >= 11 is 0. The number of anilines is 4. The van der Waals surface area contributed by atoms with E-state index in [1.54, 1.807) is 62.8 Å². The number of carbonyl (C=O) groups is 1. The van der Waals surface area contributed by atoms with Crippen LogP contribution in [0.2, 0.25) is 0 Å². The van der Waals surface area contributed by atoms with Gasteiger partial charge in [-0.25, -0.2) is 18.4 Å². The zero-order valence-electron chi connectivity index (χ0n) is 26.0. The van der Waals surface area contributed by atoms with E-state index in [9.17, 15) is 13.2 Å². The number of amides is 1. The van der Waals surface area contributed by atoms with E-state index < -0.39 is 10.0 Å². The van der Waals surface area contributed by atoms with E-state index in [4.69, 9.17) is 9.47 Å². The summed E-state index contributed by atoms with van der Waals surface area (Å²) in [6.07, 6.45) is 4.89. The summed E-state index contributed by atoms with van der Waals surface area (Å²) in [6, 6.07) is 18.9. The van der Waals surface area contributed by atoms with Gasteiger partial charge in [0.25, 0.3) is 10.0 Å². The third kappa shape index (κ3) is 7.33. The Morgan fingerprint density at radius 2 is 1.61 bits per heavy atom. The summed E-state index contributed by atoms with van der Waals surface area (Å²) in [6.45, 7) is 2.79. The number of fused-ring (bicyclic) bond motifs is 1. The zero-order valence-corrected chi connectivity index (χ0v) is 26.8. The molecule has 46 heavy (non-hydrogen) atoms. The van der Waals surface area contributed by atoms with E-state index in [2.05, 4.69) is 35.5 Å². The van der Waals surface area contributed by atoms with Crippen molar-refractivity contribution in [2.75, 3.05) is 55.8 Å². The number of hydrogen-bond donors (Lipinski definition) is 4. The number of sulfonamides is 1. The number of benzene rings is 3. The fourth-order valence-electron chi connectivity index (χ4n) is 6.26. The molecule has 2 aliphatic rings. The number of carbonyl (C=O) groups excluding carboxylic acids is 1. The Hall–Kier alpha value is -4.46. The van der Waals surface area contributed by atoms with E-state index in [1.165, 1.54) is 37.8 Å². The summed E-state index contributed by atoms with van der Waals surface area (Å²) in [4.78, 5) is 24.6. The van der Waals surface area contributed by atoms with Gasteiger partial charge in [-0.05, 0) is 49.1 Å². The van der Waals surface area contributed by atoms with Crippen LogP contribution in [0.4, 0.5) is 23.0 Å². The van der Waals surface area contributed by atoms with Gasteiger partial charge in [0.05, 0.1) is 36.7 Å². The number of ether oxygens (including phenoxy) is 2. The van der Waals surface area contributed by atoms with Gasteiger partial charge in [0.15, 0.2) is 11.6 Å². The second-order valence-corrected chi connectivity index (χ2v) is 13.3. The molecule has 6 rings (SSSR count). The molecule has 242 valence electrons. The van der Waals surface area contributed by atoms with Crippen LogP contribution >= 0.6 is 0 Å². The molecule has 1 saturated heterocycles. The van der Waals surface area contributed by atoms with Gasteiger partial charge in [-0.2, -0.15) is 0 Å². The molecule has 2 heterocycles. The third-order valence-corrected chi connectivity index (χ3v) is 9.87. The van der Waals surface area contributed by atoms with Crippen molar-refractivity contribution < 1.29 is 22.7 Å². The number of piperazine rings is 1. The van der Waals surface area contributed by atoms with E-state index in [0.29, 0.717) is 45.9 Å². The normalized spacial score (nSPS) is 17.5. The highest BCUT2D eigenvalue weighted by molar-refractivity contribution is 7.92. The summed E-state index contributed by atoms with van der Waals surface area (Å²) in [5.74, 6) is 1.71. The molecule has 1 unspecified atom stereocenters. The van der Waals surface area contributed by atoms with Gasteiger partial charge in [0.1, 0.15) is 11.5 Å². The number of aromatic nitrogens is 2. The lowest BCUT2D eigenvalue weighted by atomic mass is 9.95. The second-order valence-electron chi connectivity index (χ2n) is 11.6. The van der Waals surface area contributed by atoms with Crippen LogP contribution in [0.25, 0.3) is 11.0 Å². The minimum absolute atomic E-state index is 0.00610. The molecule has 1 aliphatic carbocycles. The first-order valence-electron chi connectivity index (χ1n) is 15.5. The van der Waals surface area contributed by atoms with Crippen molar-refractivity contribution in [3.05, 3.63) is 66.7 Å². The Labute approximate surface area is 269 Å². The van der Waals surface area contributed by atoms with Crippen LogP contribution in [0.3, 0.4) is 0 Å². The molecule has 1 amide bonds. The van der Waals surface area contributed by atoms with Crippen molar-refractivity contribution in [2.45, 2.75) is 36.6 Å². The molecule has 3 aromatic carbocycles. The predicted molar refractivity (Wildman–Crippen MR) is 178 cm³/mol. The van der Waals surface area contributed by atoms with E-state index in [-0.39, 0.29) is 29.0 Å². The fourth-order valence-corrected chi connectivity index (χ4v) is 7.31. The Kier molecular flexibility index (Phi) is 9.52. The Bertz CT molecular complexity index is 1790. The first kappa shape index (κ1) is 31.5. The minimum atomic E-state index is -4.14. The SMILES string of the molecule is COc1cc(Nc2nc3ccccc3nc2NS(=O)(=O)c2cccc(NC(=O)CN3CCNCC3C3CCCC3)c2)cc(OC)c1. The molecule has 13 heteroatoms. The van der Waals surface area contributed by atoms with Crippen LogP contribution in [0.5, 0.6) is 11.5 Å². The van der Waals surface area contributed by atoms with Gasteiger partial charge in [-0.15, -0.1) is 0 Å². The monoisotopic (exact) mass is 645 g/mol. The maximum atomic E-state index is 13.7. The Morgan fingerprint density at radius 1 is 0.913 bits per heavy atom. The molecule has 12 nitrogen and oxygen atoms in total. The Morgan fingerprint density at radius 3 is 2.30 bits per heavy atom. The van der Waals surface area contributed by atoms with Crippen LogP contribution in [0.15, 0.2) is 71.6 Å². The molecule has 1 aromatic heterocycles.